The molecule has 0 radical (unpaired) electrons. The maximum atomic E-state index is 12.8. The number of benzene rings is 1. The van der Waals surface area contributed by atoms with Crippen LogP contribution in [-0.4, -0.2) is 55.2 Å². The number of nitrogens with zero attached hydrogens (tertiary/aromatic N) is 2. The second-order valence-electron chi connectivity index (χ2n) is 7.76. The molecule has 1 N–H and O–H groups in total. The van der Waals surface area contributed by atoms with Crippen molar-refractivity contribution in [3.63, 3.8) is 0 Å². The first-order valence-corrected chi connectivity index (χ1v) is 12.9. The standard InChI is InChI=1S/C22H27N3O4S2/c1-16(22(26)24-20-8-4-6-17-5-2-3-7-19(17)20)30-21-10-9-18(15-23-21)31(27,28)25-11-13-29-14-12-25/h2-3,5,7,9-10,15-16,20H,4,6,8,11-14H2,1H3,(H,24,26)/t16-,20-/m0/s1. The van der Waals surface area contributed by atoms with Crippen molar-refractivity contribution >= 4 is 27.7 Å². The second kappa shape index (κ2) is 9.68. The van der Waals surface area contributed by atoms with Gasteiger partial charge in [-0.3, -0.25) is 4.79 Å². The molecule has 2 atom stereocenters. The summed E-state index contributed by atoms with van der Waals surface area (Å²) in [6, 6.07) is 11.5. The number of ether oxygens (including phenoxy) is 1. The van der Waals surface area contributed by atoms with Crippen LogP contribution in [0.2, 0.25) is 0 Å². The summed E-state index contributed by atoms with van der Waals surface area (Å²) in [6.45, 7) is 3.34. The number of sulfonamides is 1. The van der Waals surface area contributed by atoms with Crippen molar-refractivity contribution in [2.24, 2.45) is 0 Å². The Bertz CT molecular complexity index is 1020. The zero-order valence-electron chi connectivity index (χ0n) is 17.5. The van der Waals surface area contributed by atoms with Crippen LogP contribution in [0.1, 0.15) is 36.9 Å². The molecule has 1 aromatic carbocycles. The van der Waals surface area contributed by atoms with Crippen molar-refractivity contribution in [2.75, 3.05) is 26.3 Å². The number of fused-ring (bicyclic) bond motifs is 1. The van der Waals surface area contributed by atoms with E-state index in [2.05, 4.69) is 22.4 Å². The monoisotopic (exact) mass is 461 g/mol. The number of morpholine rings is 1. The van der Waals surface area contributed by atoms with Crippen LogP contribution in [0.15, 0.2) is 52.5 Å². The first-order valence-electron chi connectivity index (χ1n) is 10.5. The first kappa shape index (κ1) is 22.3. The van der Waals surface area contributed by atoms with Gasteiger partial charge in [-0.15, -0.1) is 0 Å². The van der Waals surface area contributed by atoms with E-state index in [1.54, 1.807) is 12.1 Å². The van der Waals surface area contributed by atoms with Gasteiger partial charge in [-0.25, -0.2) is 13.4 Å². The van der Waals surface area contributed by atoms with E-state index in [0.717, 1.165) is 19.3 Å². The van der Waals surface area contributed by atoms with Gasteiger partial charge < -0.3 is 10.1 Å². The number of hydrogen-bond donors (Lipinski definition) is 1. The molecule has 1 aliphatic carbocycles. The smallest absolute Gasteiger partial charge is 0.244 e. The van der Waals surface area contributed by atoms with E-state index in [1.165, 1.54) is 33.4 Å². The fourth-order valence-corrected chi connectivity index (χ4v) is 6.10. The molecule has 166 valence electrons. The van der Waals surface area contributed by atoms with Crippen molar-refractivity contribution in [1.29, 1.82) is 0 Å². The molecular formula is C22H27N3O4S2. The Balaban J connectivity index is 1.37. The Hall–Kier alpha value is -1.94. The predicted molar refractivity (Wildman–Crippen MR) is 119 cm³/mol. The molecule has 0 bridgehead atoms. The van der Waals surface area contributed by atoms with Crippen LogP contribution in [0.25, 0.3) is 0 Å². The Labute approximate surface area is 187 Å². The summed E-state index contributed by atoms with van der Waals surface area (Å²) in [5, 5.41) is 3.45. The Morgan fingerprint density at radius 1 is 1.23 bits per heavy atom. The zero-order chi connectivity index (χ0) is 21.8. The van der Waals surface area contributed by atoms with Crippen molar-refractivity contribution in [1.82, 2.24) is 14.6 Å². The lowest BCUT2D eigenvalue weighted by molar-refractivity contribution is -0.121. The number of amides is 1. The molecule has 0 unspecified atom stereocenters. The molecule has 2 aromatic rings. The van der Waals surface area contributed by atoms with E-state index >= 15 is 0 Å². The Morgan fingerprint density at radius 2 is 2.00 bits per heavy atom. The lowest BCUT2D eigenvalue weighted by Crippen LogP contribution is -2.40. The van der Waals surface area contributed by atoms with E-state index in [9.17, 15) is 13.2 Å². The molecule has 2 aliphatic rings. The maximum absolute atomic E-state index is 12.8. The van der Waals surface area contributed by atoms with Crippen LogP contribution in [0.5, 0.6) is 0 Å². The summed E-state index contributed by atoms with van der Waals surface area (Å²) in [5.41, 5.74) is 2.51. The van der Waals surface area contributed by atoms with Crippen molar-refractivity contribution < 1.29 is 17.9 Å². The van der Waals surface area contributed by atoms with Gasteiger partial charge in [-0.05, 0) is 49.4 Å². The molecule has 4 rings (SSSR count). The minimum absolute atomic E-state index is 0.0366. The topological polar surface area (TPSA) is 88.6 Å². The Morgan fingerprint density at radius 3 is 2.74 bits per heavy atom. The first-order chi connectivity index (χ1) is 14.9. The normalized spacial score (nSPS) is 20.6. The molecule has 9 heteroatoms. The zero-order valence-corrected chi connectivity index (χ0v) is 19.1. The number of pyridine rings is 1. The van der Waals surface area contributed by atoms with E-state index in [-0.39, 0.29) is 22.1 Å². The van der Waals surface area contributed by atoms with Gasteiger partial charge in [0.05, 0.1) is 29.5 Å². The van der Waals surface area contributed by atoms with Gasteiger partial charge in [0.1, 0.15) is 4.90 Å². The molecular weight excluding hydrogens is 434 g/mol. The molecule has 1 amide bonds. The highest BCUT2D eigenvalue weighted by Gasteiger charge is 2.27. The minimum Gasteiger partial charge on any atom is -0.379 e. The van der Waals surface area contributed by atoms with Gasteiger partial charge in [0.25, 0.3) is 0 Å². The number of carbonyl (C=O) groups is 1. The van der Waals surface area contributed by atoms with Crippen LogP contribution in [0.3, 0.4) is 0 Å². The fraction of sp³-hybridized carbons (Fsp3) is 0.455. The van der Waals surface area contributed by atoms with Crippen LogP contribution in [0, 0.1) is 0 Å². The summed E-state index contributed by atoms with van der Waals surface area (Å²) in [6.07, 6.45) is 4.42. The average Bonchev–Trinajstić information content (AvgIpc) is 2.80. The molecule has 1 fully saturated rings. The molecule has 31 heavy (non-hydrogen) atoms. The van der Waals surface area contributed by atoms with Crippen LogP contribution < -0.4 is 5.32 Å². The van der Waals surface area contributed by atoms with Crippen molar-refractivity contribution in [2.45, 2.75) is 47.4 Å². The molecule has 1 saturated heterocycles. The van der Waals surface area contributed by atoms with Crippen LogP contribution in [-0.2, 0) is 26.0 Å². The number of thioether (sulfide) groups is 1. The minimum atomic E-state index is -3.57. The van der Waals surface area contributed by atoms with Gasteiger partial charge in [-0.1, -0.05) is 36.0 Å². The number of carbonyl (C=O) groups excluding carboxylic acids is 1. The lowest BCUT2D eigenvalue weighted by atomic mass is 9.88. The number of aromatic nitrogens is 1. The highest BCUT2D eigenvalue weighted by Crippen LogP contribution is 2.30. The number of nitrogens with one attached hydrogen (secondary N) is 1. The number of hydrogen-bond acceptors (Lipinski definition) is 6. The number of aryl methyl sites for hydroxylation is 1. The summed E-state index contributed by atoms with van der Waals surface area (Å²) in [7, 11) is -3.57. The maximum Gasteiger partial charge on any atom is 0.244 e. The highest BCUT2D eigenvalue weighted by molar-refractivity contribution is 8.00. The van der Waals surface area contributed by atoms with Crippen molar-refractivity contribution in [3.05, 3.63) is 53.7 Å². The van der Waals surface area contributed by atoms with Crippen molar-refractivity contribution in [3.8, 4) is 0 Å². The van der Waals surface area contributed by atoms with Crippen LogP contribution in [0.4, 0.5) is 0 Å². The summed E-state index contributed by atoms with van der Waals surface area (Å²) in [5.74, 6) is -0.0430. The summed E-state index contributed by atoms with van der Waals surface area (Å²) >= 11 is 1.32. The van der Waals surface area contributed by atoms with Gasteiger partial charge >= 0.3 is 0 Å². The third kappa shape index (κ3) is 5.11. The van der Waals surface area contributed by atoms with Gasteiger partial charge in [0.2, 0.25) is 15.9 Å². The van der Waals surface area contributed by atoms with Gasteiger partial charge in [0, 0.05) is 19.3 Å². The third-order valence-corrected chi connectivity index (χ3v) is 8.60. The van der Waals surface area contributed by atoms with Gasteiger partial charge in [-0.2, -0.15) is 4.31 Å². The summed E-state index contributed by atoms with van der Waals surface area (Å²) in [4.78, 5) is 17.2. The molecule has 1 aromatic heterocycles. The number of rotatable bonds is 6. The molecule has 7 nitrogen and oxygen atoms in total. The average molecular weight is 462 g/mol. The third-order valence-electron chi connectivity index (χ3n) is 5.67. The molecule has 2 heterocycles. The second-order valence-corrected chi connectivity index (χ2v) is 11.1. The van der Waals surface area contributed by atoms with E-state index in [4.69, 9.17) is 4.74 Å². The predicted octanol–water partition coefficient (Wildman–Crippen LogP) is 2.78. The SMILES string of the molecule is C[C@H](Sc1ccc(S(=O)(=O)N2CCOCC2)cn1)C(=O)N[C@H]1CCCc2ccccc21. The largest absolute Gasteiger partial charge is 0.379 e. The van der Waals surface area contributed by atoms with E-state index in [0.29, 0.717) is 31.3 Å². The molecule has 0 spiro atoms. The highest BCUT2D eigenvalue weighted by atomic mass is 32.2. The molecule has 0 saturated carbocycles. The van der Waals surface area contributed by atoms with E-state index < -0.39 is 10.0 Å². The molecule has 1 aliphatic heterocycles. The van der Waals surface area contributed by atoms with Crippen LogP contribution >= 0.6 is 11.8 Å². The van der Waals surface area contributed by atoms with E-state index in [1.807, 2.05) is 19.1 Å². The summed E-state index contributed by atoms with van der Waals surface area (Å²) < 4.78 is 32.1. The van der Waals surface area contributed by atoms with Gasteiger partial charge in [0.15, 0.2) is 0 Å². The lowest BCUT2D eigenvalue weighted by Gasteiger charge is -2.27. The Kier molecular flexibility index (Phi) is 6.95. The fourth-order valence-electron chi connectivity index (χ4n) is 3.95. The quantitative estimate of drug-likeness (QED) is 0.666.